The van der Waals surface area contributed by atoms with E-state index in [0.717, 1.165) is 0 Å². The largest absolute Gasteiger partial charge is 0.504 e. The molecule has 0 saturated carbocycles. The number of benzene rings is 1. The standard InChI is InChI=1S/C17H22O6/c1-8(2)12(14(16(19)20)17(21)22)10-6-7-11(18)15(23-5)13(10)9(3)4/h6-9,18H,1-5H3,(H,19,20)(H,21,22). The number of hydrogen-bond acceptors (Lipinski definition) is 4. The van der Waals surface area contributed by atoms with Crippen LogP contribution in [0.5, 0.6) is 11.5 Å². The van der Waals surface area contributed by atoms with Crippen LogP contribution >= 0.6 is 0 Å². The Hall–Kier alpha value is -2.50. The van der Waals surface area contributed by atoms with Gasteiger partial charge in [0, 0.05) is 5.56 Å². The average Bonchev–Trinajstić information content (AvgIpc) is 2.43. The number of carbonyl (C=O) groups is 2. The number of phenolic OH excluding ortho intramolecular Hbond substituents is 1. The Morgan fingerprint density at radius 2 is 1.57 bits per heavy atom. The molecule has 1 rings (SSSR count). The fourth-order valence-corrected chi connectivity index (χ4v) is 2.67. The minimum atomic E-state index is -1.50. The lowest BCUT2D eigenvalue weighted by Crippen LogP contribution is -2.17. The maximum atomic E-state index is 11.4. The third-order valence-electron chi connectivity index (χ3n) is 3.52. The molecule has 0 unspecified atom stereocenters. The van der Waals surface area contributed by atoms with Gasteiger partial charge in [0.2, 0.25) is 0 Å². The van der Waals surface area contributed by atoms with Gasteiger partial charge in [-0.2, -0.15) is 0 Å². The number of phenols is 1. The molecule has 0 aliphatic rings. The summed E-state index contributed by atoms with van der Waals surface area (Å²) in [6.45, 7) is 7.18. The number of hydrogen-bond donors (Lipinski definition) is 3. The molecule has 0 aliphatic carbocycles. The molecule has 0 radical (unpaired) electrons. The maximum absolute atomic E-state index is 11.4. The summed E-state index contributed by atoms with van der Waals surface area (Å²) in [5.74, 6) is -3.29. The Labute approximate surface area is 135 Å². The molecular formula is C17H22O6. The first kappa shape index (κ1) is 18.5. The molecule has 0 bridgehead atoms. The minimum absolute atomic E-state index is 0.0738. The fourth-order valence-electron chi connectivity index (χ4n) is 2.67. The molecule has 1 aromatic rings. The van der Waals surface area contributed by atoms with Crippen LogP contribution in [0.15, 0.2) is 17.7 Å². The third-order valence-corrected chi connectivity index (χ3v) is 3.52. The van der Waals surface area contributed by atoms with E-state index >= 15 is 0 Å². The van der Waals surface area contributed by atoms with Gasteiger partial charge in [0.05, 0.1) is 7.11 Å². The first-order valence-electron chi connectivity index (χ1n) is 7.24. The number of carboxylic acid groups (broad SMARTS) is 2. The molecule has 0 aromatic heterocycles. The van der Waals surface area contributed by atoms with Crippen molar-refractivity contribution in [2.24, 2.45) is 5.92 Å². The van der Waals surface area contributed by atoms with Gasteiger partial charge in [-0.05, 0) is 29.0 Å². The molecule has 0 heterocycles. The molecule has 6 heteroatoms. The van der Waals surface area contributed by atoms with E-state index in [-0.39, 0.29) is 28.9 Å². The highest BCUT2D eigenvalue weighted by atomic mass is 16.5. The van der Waals surface area contributed by atoms with E-state index in [0.29, 0.717) is 11.1 Å². The van der Waals surface area contributed by atoms with Gasteiger partial charge < -0.3 is 20.1 Å². The Balaban J connectivity index is 3.93. The lowest BCUT2D eigenvalue weighted by atomic mass is 9.84. The van der Waals surface area contributed by atoms with Crippen molar-refractivity contribution in [2.45, 2.75) is 33.6 Å². The molecule has 0 fully saturated rings. The van der Waals surface area contributed by atoms with E-state index < -0.39 is 17.5 Å². The van der Waals surface area contributed by atoms with Gasteiger partial charge in [0.25, 0.3) is 0 Å². The maximum Gasteiger partial charge on any atom is 0.343 e. The number of carboxylic acids is 2. The molecule has 0 amide bonds. The van der Waals surface area contributed by atoms with Crippen molar-refractivity contribution < 1.29 is 29.6 Å². The van der Waals surface area contributed by atoms with Crippen molar-refractivity contribution in [3.05, 3.63) is 28.8 Å². The number of aromatic hydroxyl groups is 1. The molecule has 0 spiro atoms. The zero-order valence-corrected chi connectivity index (χ0v) is 13.9. The Morgan fingerprint density at radius 1 is 1.04 bits per heavy atom. The van der Waals surface area contributed by atoms with E-state index in [1.54, 1.807) is 13.8 Å². The highest BCUT2D eigenvalue weighted by Gasteiger charge is 2.28. The molecule has 0 aliphatic heterocycles. The van der Waals surface area contributed by atoms with Gasteiger partial charge >= 0.3 is 11.9 Å². The Bertz CT molecular complexity index is 639. The van der Waals surface area contributed by atoms with Gasteiger partial charge in [0.1, 0.15) is 5.57 Å². The number of aliphatic carboxylic acids is 2. The van der Waals surface area contributed by atoms with Crippen molar-refractivity contribution in [3.63, 3.8) is 0 Å². The molecule has 6 nitrogen and oxygen atoms in total. The number of methoxy groups -OCH3 is 1. The predicted molar refractivity (Wildman–Crippen MR) is 85.8 cm³/mol. The van der Waals surface area contributed by atoms with Crippen LogP contribution in [0.25, 0.3) is 5.57 Å². The molecule has 3 N–H and O–H groups in total. The van der Waals surface area contributed by atoms with Crippen LogP contribution in [-0.2, 0) is 9.59 Å². The zero-order chi connectivity index (χ0) is 17.9. The van der Waals surface area contributed by atoms with Crippen LogP contribution in [0.1, 0.15) is 44.7 Å². The summed E-state index contributed by atoms with van der Waals surface area (Å²) in [5.41, 5.74) is 0.572. The molecule has 23 heavy (non-hydrogen) atoms. The second kappa shape index (κ2) is 7.17. The smallest absolute Gasteiger partial charge is 0.343 e. The van der Waals surface area contributed by atoms with Crippen LogP contribution in [-0.4, -0.2) is 34.4 Å². The Morgan fingerprint density at radius 3 is 1.91 bits per heavy atom. The molecular weight excluding hydrogens is 300 g/mol. The first-order chi connectivity index (χ1) is 10.6. The quantitative estimate of drug-likeness (QED) is 0.422. The zero-order valence-electron chi connectivity index (χ0n) is 13.9. The van der Waals surface area contributed by atoms with Gasteiger partial charge in [-0.15, -0.1) is 0 Å². The van der Waals surface area contributed by atoms with E-state index in [4.69, 9.17) is 4.74 Å². The lowest BCUT2D eigenvalue weighted by molar-refractivity contribution is -0.140. The highest BCUT2D eigenvalue weighted by molar-refractivity contribution is 6.19. The van der Waals surface area contributed by atoms with Crippen LogP contribution in [0, 0.1) is 5.92 Å². The van der Waals surface area contributed by atoms with Crippen LogP contribution in [0.4, 0.5) is 0 Å². The van der Waals surface area contributed by atoms with Crippen molar-refractivity contribution in [2.75, 3.05) is 7.11 Å². The normalized spacial score (nSPS) is 10.7. The summed E-state index contributed by atoms with van der Waals surface area (Å²) >= 11 is 0. The summed E-state index contributed by atoms with van der Waals surface area (Å²) < 4.78 is 5.24. The summed E-state index contributed by atoms with van der Waals surface area (Å²) in [6.07, 6.45) is 0. The van der Waals surface area contributed by atoms with Gasteiger partial charge in [-0.3, -0.25) is 0 Å². The number of ether oxygens (including phenoxy) is 1. The predicted octanol–water partition coefficient (Wildman–Crippen LogP) is 3.10. The van der Waals surface area contributed by atoms with Gasteiger partial charge in [-0.25, -0.2) is 9.59 Å². The van der Waals surface area contributed by atoms with Crippen LogP contribution < -0.4 is 4.74 Å². The van der Waals surface area contributed by atoms with Gasteiger partial charge in [0.15, 0.2) is 11.5 Å². The Kier molecular flexibility index (Phi) is 5.79. The fraction of sp³-hybridized carbons (Fsp3) is 0.412. The van der Waals surface area contributed by atoms with Gasteiger partial charge in [-0.1, -0.05) is 33.8 Å². The molecule has 1 aromatic carbocycles. The molecule has 126 valence electrons. The van der Waals surface area contributed by atoms with E-state index in [1.807, 2.05) is 13.8 Å². The highest BCUT2D eigenvalue weighted by Crippen LogP contribution is 2.42. The van der Waals surface area contributed by atoms with E-state index in [9.17, 15) is 24.9 Å². The first-order valence-corrected chi connectivity index (χ1v) is 7.24. The topological polar surface area (TPSA) is 104 Å². The van der Waals surface area contributed by atoms with E-state index in [2.05, 4.69) is 0 Å². The summed E-state index contributed by atoms with van der Waals surface area (Å²) in [6, 6.07) is 2.91. The monoisotopic (exact) mass is 322 g/mol. The second-order valence-corrected chi connectivity index (χ2v) is 5.79. The summed E-state index contributed by atoms with van der Waals surface area (Å²) in [4.78, 5) is 22.9. The van der Waals surface area contributed by atoms with Crippen LogP contribution in [0.3, 0.4) is 0 Å². The molecule has 0 atom stereocenters. The van der Waals surface area contributed by atoms with Crippen molar-refractivity contribution in [1.29, 1.82) is 0 Å². The summed E-state index contributed by atoms with van der Waals surface area (Å²) in [7, 11) is 1.40. The minimum Gasteiger partial charge on any atom is -0.504 e. The molecule has 0 saturated heterocycles. The van der Waals surface area contributed by atoms with E-state index in [1.165, 1.54) is 19.2 Å². The van der Waals surface area contributed by atoms with Crippen molar-refractivity contribution >= 4 is 17.5 Å². The van der Waals surface area contributed by atoms with Crippen molar-refractivity contribution in [1.82, 2.24) is 0 Å². The third kappa shape index (κ3) is 3.64. The summed E-state index contributed by atoms with van der Waals surface area (Å²) in [5, 5.41) is 28.6. The number of allylic oxidation sites excluding steroid dienone is 1. The SMILES string of the molecule is COc1c(O)ccc(C(=C(C(=O)O)C(=O)O)C(C)C)c1C(C)C. The average molecular weight is 322 g/mol. The number of rotatable bonds is 6. The lowest BCUT2D eigenvalue weighted by Gasteiger charge is -2.22. The second-order valence-electron chi connectivity index (χ2n) is 5.79. The van der Waals surface area contributed by atoms with Crippen LogP contribution in [0.2, 0.25) is 0 Å². The van der Waals surface area contributed by atoms with Crippen molar-refractivity contribution in [3.8, 4) is 11.5 Å².